The molecule has 0 N–H and O–H groups in total. The number of carbonyl (C=O) groups is 2. The molecule has 6 nitrogen and oxygen atoms in total. The Hall–Kier alpha value is -2.50. The Morgan fingerprint density at radius 2 is 1.85 bits per heavy atom. The van der Waals surface area contributed by atoms with Gasteiger partial charge in [0.15, 0.2) is 0 Å². The number of nitrogens with zero attached hydrogens (tertiary/aromatic N) is 2. The van der Waals surface area contributed by atoms with Crippen LogP contribution in [0.5, 0.6) is 5.75 Å². The van der Waals surface area contributed by atoms with Crippen LogP contribution in [0.3, 0.4) is 0 Å². The first-order valence-electron chi connectivity index (χ1n) is 12.2. The first kappa shape index (κ1) is 23.7. The third kappa shape index (κ3) is 5.36. The maximum Gasteiger partial charge on any atom is 0.410 e. The molecule has 0 bridgehead atoms. The van der Waals surface area contributed by atoms with Crippen LogP contribution >= 0.6 is 0 Å². The fourth-order valence-electron chi connectivity index (χ4n) is 5.44. The number of hydrogen-bond donors (Lipinski definition) is 0. The topological polar surface area (TPSA) is 59.1 Å². The van der Waals surface area contributed by atoms with E-state index in [1.807, 2.05) is 43.6 Å². The van der Waals surface area contributed by atoms with Gasteiger partial charge in [-0.05, 0) is 76.8 Å². The van der Waals surface area contributed by atoms with Crippen LogP contribution in [0, 0.1) is 11.3 Å². The minimum atomic E-state index is -0.474. The Bertz CT molecular complexity index is 925. The van der Waals surface area contributed by atoms with Gasteiger partial charge in [0.25, 0.3) is 0 Å². The van der Waals surface area contributed by atoms with E-state index >= 15 is 0 Å². The maximum absolute atomic E-state index is 13.5. The second-order valence-corrected chi connectivity index (χ2v) is 11.1. The van der Waals surface area contributed by atoms with E-state index in [1.54, 1.807) is 0 Å². The van der Waals surface area contributed by atoms with E-state index in [0.29, 0.717) is 32.8 Å². The van der Waals surface area contributed by atoms with E-state index in [1.165, 1.54) is 0 Å². The number of carbonyl (C=O) groups excluding carboxylic acids is 2. The number of hydrogen-bond acceptors (Lipinski definition) is 4. The summed E-state index contributed by atoms with van der Waals surface area (Å²) in [7, 11) is 0. The molecule has 1 saturated carbocycles. The lowest BCUT2D eigenvalue weighted by molar-refractivity contribution is -0.136. The van der Waals surface area contributed by atoms with E-state index in [-0.39, 0.29) is 23.3 Å². The molecule has 1 spiro atoms. The van der Waals surface area contributed by atoms with Gasteiger partial charge in [0.1, 0.15) is 18.0 Å². The number of amides is 2. The fourth-order valence-corrected chi connectivity index (χ4v) is 5.44. The number of ether oxygens (including phenoxy) is 2. The van der Waals surface area contributed by atoms with Crippen LogP contribution in [-0.4, -0.2) is 53.6 Å². The molecule has 180 valence electrons. The molecule has 2 amide bonds. The predicted octanol–water partition coefficient (Wildman–Crippen LogP) is 5.26. The monoisotopic (exact) mass is 454 g/mol. The van der Waals surface area contributed by atoms with Crippen molar-refractivity contribution in [1.82, 2.24) is 9.80 Å². The second kappa shape index (κ2) is 9.03. The molecule has 6 heteroatoms. The first-order chi connectivity index (χ1) is 15.6. The Balaban J connectivity index is 1.35. The van der Waals surface area contributed by atoms with Crippen molar-refractivity contribution < 1.29 is 19.1 Å². The van der Waals surface area contributed by atoms with Gasteiger partial charge in [0.2, 0.25) is 5.91 Å². The normalized spacial score (nSPS) is 22.4. The van der Waals surface area contributed by atoms with Gasteiger partial charge in [-0.15, -0.1) is 0 Å². The Morgan fingerprint density at radius 1 is 1.12 bits per heavy atom. The summed E-state index contributed by atoms with van der Waals surface area (Å²) in [5, 5.41) is 0. The molecule has 4 rings (SSSR count). The lowest BCUT2D eigenvalue weighted by atomic mass is 9.76. The average Bonchev–Trinajstić information content (AvgIpc) is 3.03. The highest BCUT2D eigenvalue weighted by molar-refractivity contribution is 5.79. The third-order valence-corrected chi connectivity index (χ3v) is 7.38. The zero-order valence-electron chi connectivity index (χ0n) is 20.6. The van der Waals surface area contributed by atoms with E-state index in [0.717, 1.165) is 54.6 Å². The van der Waals surface area contributed by atoms with Crippen LogP contribution in [0.25, 0.3) is 5.57 Å². The molecule has 1 atom stereocenters. The number of piperidine rings is 1. The highest BCUT2D eigenvalue weighted by Gasteiger charge is 2.45. The summed E-state index contributed by atoms with van der Waals surface area (Å²) in [4.78, 5) is 29.7. The van der Waals surface area contributed by atoms with Crippen molar-refractivity contribution in [3.8, 4) is 5.75 Å². The smallest absolute Gasteiger partial charge is 0.410 e. The molecule has 33 heavy (non-hydrogen) atoms. The molecule has 2 heterocycles. The van der Waals surface area contributed by atoms with Crippen molar-refractivity contribution >= 4 is 17.6 Å². The van der Waals surface area contributed by atoms with Crippen molar-refractivity contribution in [2.45, 2.75) is 71.9 Å². The van der Waals surface area contributed by atoms with E-state index in [9.17, 15) is 9.59 Å². The lowest BCUT2D eigenvalue weighted by Gasteiger charge is -2.40. The van der Waals surface area contributed by atoms with Gasteiger partial charge in [0.05, 0.1) is 6.54 Å². The highest BCUT2D eigenvalue weighted by atomic mass is 16.6. The molecule has 1 saturated heterocycles. The summed E-state index contributed by atoms with van der Waals surface area (Å²) < 4.78 is 11.5. The van der Waals surface area contributed by atoms with Gasteiger partial charge in [-0.1, -0.05) is 24.3 Å². The van der Waals surface area contributed by atoms with Crippen LogP contribution in [-0.2, 0) is 16.1 Å². The number of likely N-dealkylation sites (tertiary alicyclic amines) is 1. The molecule has 3 aliphatic rings. The van der Waals surface area contributed by atoms with Crippen molar-refractivity contribution in [1.29, 1.82) is 0 Å². The molecule has 1 aromatic carbocycles. The minimum absolute atomic E-state index is 0.0642. The molecule has 1 unspecified atom stereocenters. The van der Waals surface area contributed by atoms with Crippen LogP contribution < -0.4 is 4.74 Å². The van der Waals surface area contributed by atoms with Gasteiger partial charge in [-0.3, -0.25) is 4.79 Å². The quantitative estimate of drug-likeness (QED) is 0.612. The summed E-state index contributed by atoms with van der Waals surface area (Å²) in [6.07, 6.45) is 4.60. The Morgan fingerprint density at radius 3 is 2.52 bits per heavy atom. The minimum Gasteiger partial charge on any atom is -0.491 e. The second-order valence-electron chi connectivity index (χ2n) is 11.1. The van der Waals surface area contributed by atoms with Crippen LogP contribution in [0.2, 0.25) is 0 Å². The zero-order valence-corrected chi connectivity index (χ0v) is 20.6. The third-order valence-electron chi connectivity index (χ3n) is 7.38. The molecule has 1 aliphatic carbocycles. The summed E-state index contributed by atoms with van der Waals surface area (Å²) >= 11 is 0. The molecule has 1 aromatic rings. The Kier molecular flexibility index (Phi) is 6.47. The van der Waals surface area contributed by atoms with Gasteiger partial charge < -0.3 is 19.3 Å². The number of rotatable bonds is 2. The van der Waals surface area contributed by atoms with Gasteiger partial charge >= 0.3 is 6.09 Å². The number of allylic oxidation sites excluding steroid dienone is 1. The van der Waals surface area contributed by atoms with E-state index in [2.05, 4.69) is 18.7 Å². The van der Waals surface area contributed by atoms with E-state index in [4.69, 9.17) is 9.47 Å². The van der Waals surface area contributed by atoms with Crippen LogP contribution in [0.15, 0.2) is 24.8 Å². The van der Waals surface area contributed by atoms with Gasteiger partial charge in [-0.2, -0.15) is 0 Å². The molecule has 0 aromatic heterocycles. The average molecular weight is 455 g/mol. The van der Waals surface area contributed by atoms with Crippen molar-refractivity contribution in [3.63, 3.8) is 0 Å². The van der Waals surface area contributed by atoms with Gasteiger partial charge in [0, 0.05) is 31.1 Å². The van der Waals surface area contributed by atoms with Crippen LogP contribution in [0.4, 0.5) is 4.79 Å². The molecular weight excluding hydrogens is 416 g/mol. The van der Waals surface area contributed by atoms with Crippen molar-refractivity contribution in [2.24, 2.45) is 11.3 Å². The van der Waals surface area contributed by atoms with Gasteiger partial charge in [-0.25, -0.2) is 4.79 Å². The zero-order chi connectivity index (χ0) is 23.8. The highest BCUT2D eigenvalue weighted by Crippen LogP contribution is 2.49. The molecular formula is C27H38N2O4. The standard InChI is InChI=1S/C27H38N2O4/c1-19(2)20-6-7-22-18-29(14-15-32-23(22)16-20)24(30)21-8-9-27(17-21)10-12-28(13-11-27)25(31)33-26(3,4)5/h6-7,16,21H,1,8-15,17-18H2,2-5H3. The van der Waals surface area contributed by atoms with Crippen molar-refractivity contribution in [2.75, 3.05) is 26.2 Å². The lowest BCUT2D eigenvalue weighted by Crippen LogP contribution is -2.45. The fraction of sp³-hybridized carbons (Fsp3) is 0.630. The SMILES string of the molecule is C=C(C)c1ccc2c(c1)OCCN(C(=O)C1CCC3(CCN(C(=O)OC(C)(C)C)CC3)C1)C2. The molecule has 2 aliphatic heterocycles. The molecule has 0 radical (unpaired) electrons. The van der Waals surface area contributed by atoms with E-state index < -0.39 is 5.60 Å². The summed E-state index contributed by atoms with van der Waals surface area (Å²) in [5.41, 5.74) is 2.84. The summed E-state index contributed by atoms with van der Waals surface area (Å²) in [6, 6.07) is 6.16. The number of benzene rings is 1. The summed E-state index contributed by atoms with van der Waals surface area (Å²) in [6.45, 7) is 14.9. The first-order valence-corrected chi connectivity index (χ1v) is 12.2. The summed E-state index contributed by atoms with van der Waals surface area (Å²) in [5.74, 6) is 1.18. The molecule has 2 fully saturated rings. The maximum atomic E-state index is 13.5. The Labute approximate surface area is 197 Å². The number of fused-ring (bicyclic) bond motifs is 1. The predicted molar refractivity (Wildman–Crippen MR) is 129 cm³/mol. The largest absolute Gasteiger partial charge is 0.491 e. The van der Waals surface area contributed by atoms with Crippen LogP contribution in [0.1, 0.15) is 70.9 Å². The van der Waals surface area contributed by atoms with Crippen molar-refractivity contribution in [3.05, 3.63) is 35.9 Å².